The predicted octanol–water partition coefficient (Wildman–Crippen LogP) is 16.4. The van der Waals surface area contributed by atoms with Crippen LogP contribution < -0.4 is 14.4 Å². The van der Waals surface area contributed by atoms with Gasteiger partial charge in [0.05, 0.1) is 11.1 Å². The second-order valence-electron chi connectivity index (χ2n) is 19.8. The fourth-order valence-corrected chi connectivity index (χ4v) is 9.65. The number of fused-ring (bicyclic) bond motifs is 2. The molecule has 5 nitrogen and oxygen atoms in total. The van der Waals surface area contributed by atoms with Crippen LogP contribution in [0.15, 0.2) is 188 Å². The molecule has 9 aromatic rings. The summed E-state index contributed by atoms with van der Waals surface area (Å²) in [7, 11) is 0. The number of anilines is 3. The molecule has 0 bridgehead atoms. The summed E-state index contributed by atoms with van der Waals surface area (Å²) in [5.74, 6) is 2.64. The molecule has 2 aromatic heterocycles. The molecule has 344 valence electrons. The Balaban J connectivity index is 0.00000593. The molecule has 0 unspecified atom stereocenters. The van der Waals surface area contributed by atoms with Gasteiger partial charge in [0.15, 0.2) is 0 Å². The fraction of sp³-hybridized carbons (Fsp3) is 0.175. The Morgan fingerprint density at radius 3 is 1.68 bits per heavy atom. The first-order valence-electron chi connectivity index (χ1n) is 23.4. The molecule has 0 atom stereocenters. The SMILES string of the molecule is Cc1cccc(C)c1-c1cc(Oc2[c-]c(C3(c4ccccn4)c4ccccc4Oc4ccccc43)ccc2)[c-]c(-c2cc(N(c3ccc(C(C)(C)C)cc3)c3ccc(C(C)(C)C)cc3)ccn2)c1.[Pt+2]. The summed E-state index contributed by atoms with van der Waals surface area (Å²) in [5, 5.41) is 0. The van der Waals surface area contributed by atoms with Gasteiger partial charge in [-0.2, -0.15) is 12.1 Å². The van der Waals surface area contributed by atoms with E-state index in [0.29, 0.717) is 11.5 Å². The van der Waals surface area contributed by atoms with Crippen LogP contribution in [0.5, 0.6) is 23.0 Å². The summed E-state index contributed by atoms with van der Waals surface area (Å²) in [5.41, 5.74) is 14.6. The van der Waals surface area contributed by atoms with Crippen LogP contribution in [-0.2, 0) is 37.3 Å². The molecule has 69 heavy (non-hydrogen) atoms. The summed E-state index contributed by atoms with van der Waals surface area (Å²) in [6.45, 7) is 17.8. The van der Waals surface area contributed by atoms with E-state index in [1.165, 1.54) is 22.3 Å². The molecule has 1 aliphatic heterocycles. The van der Waals surface area contributed by atoms with E-state index >= 15 is 0 Å². The quantitative estimate of drug-likeness (QED) is 0.135. The number of aromatic nitrogens is 2. The maximum absolute atomic E-state index is 6.96. The van der Waals surface area contributed by atoms with Crippen LogP contribution in [0.1, 0.15) is 86.2 Å². The first-order valence-corrected chi connectivity index (χ1v) is 23.4. The zero-order valence-electron chi connectivity index (χ0n) is 40.4. The number of hydrogen-bond acceptors (Lipinski definition) is 5. The van der Waals surface area contributed by atoms with Gasteiger partial charge in [0, 0.05) is 52.1 Å². The smallest absolute Gasteiger partial charge is 0.503 e. The summed E-state index contributed by atoms with van der Waals surface area (Å²) in [6, 6.07) is 68.7. The number of rotatable bonds is 9. The van der Waals surface area contributed by atoms with Crippen molar-refractivity contribution in [2.75, 3.05) is 4.90 Å². The molecule has 3 heterocycles. The van der Waals surface area contributed by atoms with Crippen molar-refractivity contribution in [1.82, 2.24) is 9.97 Å². The molecule has 10 rings (SSSR count). The van der Waals surface area contributed by atoms with E-state index in [1.807, 2.05) is 60.9 Å². The largest absolute Gasteiger partial charge is 2.00 e. The van der Waals surface area contributed by atoms with Gasteiger partial charge in [0.2, 0.25) is 0 Å². The topological polar surface area (TPSA) is 47.5 Å². The van der Waals surface area contributed by atoms with Crippen molar-refractivity contribution in [1.29, 1.82) is 0 Å². The summed E-state index contributed by atoms with van der Waals surface area (Å²) in [6.07, 6.45) is 3.74. The average Bonchev–Trinajstić information content (AvgIpc) is 3.33. The number of aryl methyl sites for hydroxylation is 2. The van der Waals surface area contributed by atoms with Crippen molar-refractivity contribution in [3.63, 3.8) is 0 Å². The average molecular weight is 1080 g/mol. The minimum absolute atomic E-state index is 0. The molecule has 0 saturated carbocycles. The summed E-state index contributed by atoms with van der Waals surface area (Å²) in [4.78, 5) is 12.3. The van der Waals surface area contributed by atoms with Gasteiger partial charge >= 0.3 is 21.1 Å². The Kier molecular flexibility index (Phi) is 12.8. The van der Waals surface area contributed by atoms with Crippen LogP contribution in [-0.4, -0.2) is 9.97 Å². The zero-order valence-corrected chi connectivity index (χ0v) is 42.6. The van der Waals surface area contributed by atoms with Crippen LogP contribution in [0.3, 0.4) is 0 Å². The second-order valence-corrected chi connectivity index (χ2v) is 19.8. The molecule has 0 amide bonds. The molecule has 1 aliphatic rings. The molecule has 0 radical (unpaired) electrons. The number of nitrogens with zero attached hydrogens (tertiary/aromatic N) is 3. The van der Waals surface area contributed by atoms with Crippen molar-refractivity contribution in [2.24, 2.45) is 0 Å². The first kappa shape index (κ1) is 47.0. The number of pyridine rings is 2. The van der Waals surface area contributed by atoms with Gasteiger partial charge < -0.3 is 19.4 Å². The minimum Gasteiger partial charge on any atom is -0.503 e. The van der Waals surface area contributed by atoms with Gasteiger partial charge in [-0.15, -0.1) is 29.3 Å². The van der Waals surface area contributed by atoms with Crippen LogP contribution in [0.25, 0.3) is 22.4 Å². The van der Waals surface area contributed by atoms with Gasteiger partial charge in [0.25, 0.3) is 0 Å². The van der Waals surface area contributed by atoms with E-state index in [-0.39, 0.29) is 31.9 Å². The van der Waals surface area contributed by atoms with E-state index < -0.39 is 5.41 Å². The zero-order chi connectivity index (χ0) is 47.2. The van der Waals surface area contributed by atoms with E-state index in [9.17, 15) is 0 Å². The van der Waals surface area contributed by atoms with Crippen LogP contribution in [0, 0.1) is 26.0 Å². The Labute approximate surface area is 422 Å². The van der Waals surface area contributed by atoms with Crippen molar-refractivity contribution < 1.29 is 30.5 Å². The van der Waals surface area contributed by atoms with Gasteiger partial charge in [0.1, 0.15) is 11.5 Å². The molecule has 7 aromatic carbocycles. The summed E-state index contributed by atoms with van der Waals surface area (Å²) >= 11 is 0. The Hall–Kier alpha value is -7.07. The van der Waals surface area contributed by atoms with Crippen molar-refractivity contribution in [3.05, 3.63) is 245 Å². The molecule has 0 saturated heterocycles. The van der Waals surface area contributed by atoms with Crippen LogP contribution >= 0.6 is 0 Å². The predicted molar refractivity (Wildman–Crippen MR) is 277 cm³/mol. The Morgan fingerprint density at radius 2 is 1.10 bits per heavy atom. The van der Waals surface area contributed by atoms with Crippen LogP contribution in [0.2, 0.25) is 0 Å². The van der Waals surface area contributed by atoms with E-state index in [4.69, 9.17) is 19.4 Å². The third-order valence-electron chi connectivity index (χ3n) is 13.1. The van der Waals surface area contributed by atoms with E-state index in [2.05, 4.69) is 200 Å². The van der Waals surface area contributed by atoms with Crippen molar-refractivity contribution >= 4 is 17.1 Å². The first-order chi connectivity index (χ1) is 32.8. The van der Waals surface area contributed by atoms with E-state index in [0.717, 1.165) is 73.3 Å². The van der Waals surface area contributed by atoms with Gasteiger partial charge in [-0.05, 0) is 113 Å². The third kappa shape index (κ3) is 9.05. The standard InChI is InChI=1S/C63H55N3O2.Pt/c1-42-17-15-18-43(2)60(42)45-37-44(56-41-51(34-36-64-56)66(49-30-26-46(27-31-49)61(3,4)5)50-32-28-47(29-33-50)62(6,7)8)38-53(39-45)67-52-20-16-19-48(40-52)63(59-25-13-14-35-65-59)54-21-9-11-23-57(54)68-58-24-12-10-22-55(58)63;/h9-37,39,41H,1-8H3;/q-2;+2. The van der Waals surface area contributed by atoms with Crippen LogP contribution in [0.4, 0.5) is 17.1 Å². The second kappa shape index (κ2) is 18.8. The normalized spacial score (nSPS) is 12.8. The molecular weight excluding hydrogens is 1030 g/mol. The van der Waals surface area contributed by atoms with Gasteiger partial charge in [-0.1, -0.05) is 150 Å². The van der Waals surface area contributed by atoms with Gasteiger partial charge in [-0.25, -0.2) is 0 Å². The number of ether oxygens (including phenoxy) is 2. The fourth-order valence-electron chi connectivity index (χ4n) is 9.65. The Morgan fingerprint density at radius 1 is 0.522 bits per heavy atom. The molecular formula is C63H55N3O2Pt. The van der Waals surface area contributed by atoms with E-state index in [1.54, 1.807) is 0 Å². The number of hydrogen-bond donors (Lipinski definition) is 0. The molecule has 0 N–H and O–H groups in total. The van der Waals surface area contributed by atoms with Crippen molar-refractivity contribution in [3.8, 4) is 45.4 Å². The Bertz CT molecular complexity index is 3150. The van der Waals surface area contributed by atoms with Crippen molar-refractivity contribution in [2.45, 2.75) is 71.6 Å². The molecule has 0 fully saturated rings. The third-order valence-corrected chi connectivity index (χ3v) is 13.1. The number of para-hydroxylation sites is 2. The molecule has 0 spiro atoms. The monoisotopic (exact) mass is 1080 g/mol. The maximum Gasteiger partial charge on any atom is 2.00 e. The molecule has 6 heteroatoms. The summed E-state index contributed by atoms with van der Waals surface area (Å²) < 4.78 is 13.5. The van der Waals surface area contributed by atoms with Gasteiger partial charge in [-0.3, -0.25) is 4.98 Å². The minimum atomic E-state index is -0.850. The molecule has 0 aliphatic carbocycles. The number of benzene rings is 7. The maximum atomic E-state index is 6.96.